The fourth-order valence-corrected chi connectivity index (χ4v) is 3.40. The molecule has 1 heterocycles. The summed E-state index contributed by atoms with van der Waals surface area (Å²) < 4.78 is 0. The molecule has 0 aromatic rings. The Morgan fingerprint density at radius 2 is 1.89 bits per heavy atom. The molecule has 0 atom stereocenters. The van der Waals surface area contributed by atoms with Crippen molar-refractivity contribution in [1.82, 2.24) is 15.1 Å². The third-order valence-corrected chi connectivity index (χ3v) is 4.54. The van der Waals surface area contributed by atoms with E-state index < -0.39 is 0 Å². The van der Waals surface area contributed by atoms with Gasteiger partial charge in [0.05, 0.1) is 0 Å². The summed E-state index contributed by atoms with van der Waals surface area (Å²) in [6.07, 6.45) is 8.34. The normalized spacial score (nSPS) is 22.7. The molecule has 0 unspecified atom stereocenters. The highest BCUT2D eigenvalue weighted by atomic mass is 16.2. The maximum Gasteiger partial charge on any atom is 0.222 e. The fraction of sp³-hybridized carbons (Fsp3) is 0.933. The van der Waals surface area contributed by atoms with Gasteiger partial charge in [-0.2, -0.15) is 0 Å². The van der Waals surface area contributed by atoms with Crippen molar-refractivity contribution in [2.45, 2.75) is 51.0 Å². The summed E-state index contributed by atoms with van der Waals surface area (Å²) in [4.78, 5) is 16.9. The van der Waals surface area contributed by atoms with Gasteiger partial charge in [-0.15, -0.1) is 0 Å². The van der Waals surface area contributed by atoms with E-state index in [2.05, 4.69) is 15.1 Å². The lowest BCUT2D eigenvalue weighted by molar-refractivity contribution is -0.131. The van der Waals surface area contributed by atoms with E-state index in [1.807, 2.05) is 7.05 Å². The predicted octanol–water partition coefficient (Wildman–Crippen LogP) is 1.46. The molecular formula is C15H29N3O. The van der Waals surface area contributed by atoms with E-state index in [0.717, 1.165) is 45.1 Å². The zero-order valence-corrected chi connectivity index (χ0v) is 12.4. The van der Waals surface area contributed by atoms with Crippen LogP contribution in [0.1, 0.15) is 44.9 Å². The molecule has 0 bridgehead atoms. The molecule has 1 saturated carbocycles. The monoisotopic (exact) mass is 267 g/mol. The van der Waals surface area contributed by atoms with Crippen LogP contribution in [-0.4, -0.2) is 61.5 Å². The van der Waals surface area contributed by atoms with Crippen molar-refractivity contribution in [3.05, 3.63) is 0 Å². The smallest absolute Gasteiger partial charge is 0.222 e. The highest BCUT2D eigenvalue weighted by molar-refractivity contribution is 5.76. The van der Waals surface area contributed by atoms with E-state index in [1.54, 1.807) is 0 Å². The summed E-state index contributed by atoms with van der Waals surface area (Å²) in [6.45, 7) is 5.11. The summed E-state index contributed by atoms with van der Waals surface area (Å²) in [5, 5.41) is 3.10. The molecule has 2 aliphatic rings. The first-order chi connectivity index (χ1) is 9.31. The van der Waals surface area contributed by atoms with Crippen molar-refractivity contribution in [2.75, 3.05) is 39.8 Å². The van der Waals surface area contributed by atoms with Gasteiger partial charge in [0.1, 0.15) is 0 Å². The quantitative estimate of drug-likeness (QED) is 0.766. The number of rotatable bonds is 5. The van der Waals surface area contributed by atoms with Gasteiger partial charge in [0.25, 0.3) is 0 Å². The third kappa shape index (κ3) is 4.46. The Hall–Kier alpha value is -0.610. The molecule has 0 aromatic heterocycles. The van der Waals surface area contributed by atoms with E-state index in [0.29, 0.717) is 12.3 Å². The second kappa shape index (κ2) is 7.85. The number of amides is 1. The summed E-state index contributed by atoms with van der Waals surface area (Å²) in [7, 11) is 1.94. The zero-order valence-electron chi connectivity index (χ0n) is 12.4. The van der Waals surface area contributed by atoms with E-state index in [1.165, 1.54) is 32.2 Å². The molecule has 1 aliphatic carbocycles. The van der Waals surface area contributed by atoms with E-state index >= 15 is 0 Å². The SMILES string of the molecule is CNCCCC(=O)N1CCCN(C2CCCC2)CC1. The van der Waals surface area contributed by atoms with Gasteiger partial charge in [-0.1, -0.05) is 12.8 Å². The lowest BCUT2D eigenvalue weighted by Crippen LogP contribution is -2.38. The molecule has 4 nitrogen and oxygen atoms in total. The molecule has 0 aromatic carbocycles. The molecule has 2 fully saturated rings. The Labute approximate surface area is 117 Å². The van der Waals surface area contributed by atoms with Crippen molar-refractivity contribution in [3.8, 4) is 0 Å². The molecule has 2 rings (SSSR count). The average Bonchev–Trinajstić information content (AvgIpc) is 2.83. The number of nitrogens with zero attached hydrogens (tertiary/aromatic N) is 2. The van der Waals surface area contributed by atoms with Crippen LogP contribution in [0.15, 0.2) is 0 Å². The van der Waals surface area contributed by atoms with Gasteiger partial charge in [0.15, 0.2) is 0 Å². The van der Waals surface area contributed by atoms with Crippen LogP contribution >= 0.6 is 0 Å². The molecule has 1 saturated heterocycles. The fourth-order valence-electron chi connectivity index (χ4n) is 3.40. The summed E-state index contributed by atoms with van der Waals surface area (Å²) in [5.41, 5.74) is 0. The van der Waals surface area contributed by atoms with Crippen molar-refractivity contribution >= 4 is 5.91 Å². The number of nitrogens with one attached hydrogen (secondary N) is 1. The van der Waals surface area contributed by atoms with Gasteiger partial charge >= 0.3 is 0 Å². The predicted molar refractivity (Wildman–Crippen MR) is 78.2 cm³/mol. The zero-order chi connectivity index (χ0) is 13.5. The highest BCUT2D eigenvalue weighted by Crippen LogP contribution is 2.24. The van der Waals surface area contributed by atoms with Crippen LogP contribution in [0.5, 0.6) is 0 Å². The first-order valence-electron chi connectivity index (χ1n) is 7.97. The van der Waals surface area contributed by atoms with Crippen LogP contribution in [0, 0.1) is 0 Å². The maximum absolute atomic E-state index is 12.1. The third-order valence-electron chi connectivity index (χ3n) is 4.54. The summed E-state index contributed by atoms with van der Waals surface area (Å²) in [5.74, 6) is 0.350. The molecule has 1 amide bonds. The summed E-state index contributed by atoms with van der Waals surface area (Å²) >= 11 is 0. The molecular weight excluding hydrogens is 238 g/mol. The molecule has 110 valence electrons. The van der Waals surface area contributed by atoms with Crippen LogP contribution in [0.2, 0.25) is 0 Å². The second-order valence-corrected chi connectivity index (χ2v) is 5.92. The van der Waals surface area contributed by atoms with E-state index in [-0.39, 0.29) is 0 Å². The van der Waals surface area contributed by atoms with Gasteiger partial charge in [-0.25, -0.2) is 0 Å². The van der Waals surface area contributed by atoms with Crippen molar-refractivity contribution < 1.29 is 4.79 Å². The molecule has 1 N–H and O–H groups in total. The Kier molecular flexibility index (Phi) is 6.11. The minimum atomic E-state index is 0.350. The van der Waals surface area contributed by atoms with Crippen LogP contribution in [0.4, 0.5) is 0 Å². The maximum atomic E-state index is 12.1. The Balaban J connectivity index is 1.74. The van der Waals surface area contributed by atoms with Crippen LogP contribution in [0.25, 0.3) is 0 Å². The number of carbonyl (C=O) groups excluding carboxylic acids is 1. The minimum Gasteiger partial charge on any atom is -0.341 e. The molecule has 19 heavy (non-hydrogen) atoms. The minimum absolute atomic E-state index is 0.350. The standard InChI is InChI=1S/C15H29N3O/c1-16-9-4-8-15(19)18-11-5-10-17(12-13-18)14-6-2-3-7-14/h14,16H,2-13H2,1H3. The van der Waals surface area contributed by atoms with Gasteiger partial charge in [-0.05, 0) is 39.3 Å². The lowest BCUT2D eigenvalue weighted by Gasteiger charge is -2.27. The van der Waals surface area contributed by atoms with Gasteiger partial charge in [0.2, 0.25) is 5.91 Å². The van der Waals surface area contributed by atoms with Crippen LogP contribution in [0.3, 0.4) is 0 Å². The van der Waals surface area contributed by atoms with E-state index in [9.17, 15) is 4.79 Å². The molecule has 0 radical (unpaired) electrons. The summed E-state index contributed by atoms with van der Waals surface area (Å²) in [6, 6.07) is 0.805. The van der Waals surface area contributed by atoms with E-state index in [4.69, 9.17) is 0 Å². The van der Waals surface area contributed by atoms with Crippen molar-refractivity contribution in [3.63, 3.8) is 0 Å². The number of hydrogen-bond acceptors (Lipinski definition) is 3. The number of carbonyl (C=O) groups is 1. The van der Waals surface area contributed by atoms with Crippen LogP contribution in [-0.2, 0) is 4.79 Å². The molecule has 4 heteroatoms. The first kappa shape index (κ1) is 14.8. The Morgan fingerprint density at radius 1 is 1.11 bits per heavy atom. The Bertz CT molecular complexity index is 277. The molecule has 0 spiro atoms. The lowest BCUT2D eigenvalue weighted by atomic mass is 10.2. The van der Waals surface area contributed by atoms with Gasteiger partial charge in [0, 0.05) is 38.6 Å². The topological polar surface area (TPSA) is 35.6 Å². The highest BCUT2D eigenvalue weighted by Gasteiger charge is 2.25. The van der Waals surface area contributed by atoms with Crippen molar-refractivity contribution in [2.24, 2.45) is 0 Å². The first-order valence-corrected chi connectivity index (χ1v) is 7.97. The molecule has 1 aliphatic heterocycles. The average molecular weight is 267 g/mol. The van der Waals surface area contributed by atoms with Gasteiger partial charge in [-0.3, -0.25) is 9.69 Å². The Morgan fingerprint density at radius 3 is 2.63 bits per heavy atom. The van der Waals surface area contributed by atoms with Crippen molar-refractivity contribution in [1.29, 1.82) is 0 Å². The van der Waals surface area contributed by atoms with Crippen LogP contribution < -0.4 is 5.32 Å². The second-order valence-electron chi connectivity index (χ2n) is 5.92. The number of hydrogen-bond donors (Lipinski definition) is 1. The largest absolute Gasteiger partial charge is 0.341 e. The van der Waals surface area contributed by atoms with Gasteiger partial charge < -0.3 is 10.2 Å².